The lowest BCUT2D eigenvalue weighted by Gasteiger charge is -2.23. The number of carbonyl (C=O) groups excluding carboxylic acids is 1. The van der Waals surface area contributed by atoms with Crippen molar-refractivity contribution in [2.45, 2.75) is 31.7 Å². The number of nitrogens with two attached hydrogens (primary N) is 1. The molecule has 0 spiro atoms. The summed E-state index contributed by atoms with van der Waals surface area (Å²) in [4.78, 5) is 26.2. The van der Waals surface area contributed by atoms with Crippen LogP contribution in [0.15, 0.2) is 12.3 Å². The van der Waals surface area contributed by atoms with Gasteiger partial charge in [-0.3, -0.25) is 14.9 Å². The zero-order chi connectivity index (χ0) is 15.4. The van der Waals surface area contributed by atoms with Crippen LogP contribution in [0, 0.1) is 16.0 Å². The lowest BCUT2D eigenvalue weighted by Crippen LogP contribution is -2.44. The maximum Gasteiger partial charge on any atom is 0.300 e. The van der Waals surface area contributed by atoms with Gasteiger partial charge in [0.2, 0.25) is 0 Å². The van der Waals surface area contributed by atoms with E-state index in [0.29, 0.717) is 12.5 Å². The Labute approximate surface area is 127 Å². The third-order valence-electron chi connectivity index (χ3n) is 3.83. The van der Waals surface area contributed by atoms with Crippen LogP contribution >= 0.6 is 11.6 Å². The Balaban J connectivity index is 2.19. The molecule has 1 saturated carbocycles. The lowest BCUT2D eigenvalue weighted by molar-refractivity contribution is -0.385. The number of nitro groups is 1. The number of pyridine rings is 1. The summed E-state index contributed by atoms with van der Waals surface area (Å²) in [7, 11) is 0. The number of halogens is 1. The van der Waals surface area contributed by atoms with Crippen LogP contribution in [0.25, 0.3) is 0 Å². The van der Waals surface area contributed by atoms with Crippen LogP contribution in [0.4, 0.5) is 5.69 Å². The fourth-order valence-corrected chi connectivity index (χ4v) is 2.88. The molecule has 1 atom stereocenters. The number of amides is 1. The summed E-state index contributed by atoms with van der Waals surface area (Å²) in [5.41, 5.74) is 5.27. The van der Waals surface area contributed by atoms with E-state index in [-0.39, 0.29) is 22.4 Å². The summed E-state index contributed by atoms with van der Waals surface area (Å²) < 4.78 is 0. The SMILES string of the molecule is NCC(NC(=O)c1cc(Cl)ncc1[N+](=O)[O-])C1CCCC1. The molecule has 1 aliphatic carbocycles. The van der Waals surface area contributed by atoms with Crippen molar-refractivity contribution in [3.05, 3.63) is 33.1 Å². The van der Waals surface area contributed by atoms with Gasteiger partial charge in [-0.25, -0.2) is 4.98 Å². The van der Waals surface area contributed by atoms with Gasteiger partial charge in [0.05, 0.1) is 4.92 Å². The highest BCUT2D eigenvalue weighted by Crippen LogP contribution is 2.28. The second-order valence-corrected chi connectivity index (χ2v) is 5.53. The molecule has 7 nitrogen and oxygen atoms in total. The van der Waals surface area contributed by atoms with Gasteiger partial charge in [-0.2, -0.15) is 0 Å². The average Bonchev–Trinajstić information content (AvgIpc) is 2.98. The third-order valence-corrected chi connectivity index (χ3v) is 4.04. The van der Waals surface area contributed by atoms with Gasteiger partial charge in [0.25, 0.3) is 11.6 Å². The molecule has 1 aliphatic rings. The van der Waals surface area contributed by atoms with Crippen LogP contribution < -0.4 is 11.1 Å². The van der Waals surface area contributed by atoms with Crippen molar-refractivity contribution in [2.75, 3.05) is 6.54 Å². The summed E-state index contributed by atoms with van der Waals surface area (Å²) in [6, 6.07) is 1.03. The van der Waals surface area contributed by atoms with Crippen molar-refractivity contribution >= 4 is 23.2 Å². The third kappa shape index (κ3) is 3.68. The maximum absolute atomic E-state index is 12.3. The Hall–Kier alpha value is -1.73. The molecule has 0 aromatic carbocycles. The number of nitrogens with one attached hydrogen (secondary N) is 1. The van der Waals surface area contributed by atoms with Gasteiger partial charge in [0, 0.05) is 12.6 Å². The van der Waals surface area contributed by atoms with Gasteiger partial charge in [0.1, 0.15) is 16.9 Å². The average molecular weight is 313 g/mol. The smallest absolute Gasteiger partial charge is 0.300 e. The fraction of sp³-hybridized carbons (Fsp3) is 0.538. The molecule has 0 radical (unpaired) electrons. The molecule has 1 aromatic heterocycles. The highest BCUT2D eigenvalue weighted by atomic mass is 35.5. The van der Waals surface area contributed by atoms with Gasteiger partial charge < -0.3 is 11.1 Å². The molecule has 1 aromatic rings. The normalized spacial score (nSPS) is 16.7. The van der Waals surface area contributed by atoms with E-state index in [2.05, 4.69) is 10.3 Å². The molecular formula is C13H17ClN4O3. The molecule has 2 rings (SSSR count). The van der Waals surface area contributed by atoms with Crippen molar-refractivity contribution in [1.29, 1.82) is 0 Å². The van der Waals surface area contributed by atoms with Crippen LogP contribution in [0.5, 0.6) is 0 Å². The van der Waals surface area contributed by atoms with Crippen molar-refractivity contribution in [1.82, 2.24) is 10.3 Å². The Morgan fingerprint density at radius 1 is 1.57 bits per heavy atom. The zero-order valence-corrected chi connectivity index (χ0v) is 12.2. The summed E-state index contributed by atoms with van der Waals surface area (Å²) in [5, 5.41) is 13.8. The highest BCUT2D eigenvalue weighted by molar-refractivity contribution is 6.29. The zero-order valence-electron chi connectivity index (χ0n) is 11.4. The van der Waals surface area contributed by atoms with Gasteiger partial charge in [-0.05, 0) is 24.8 Å². The monoisotopic (exact) mass is 312 g/mol. The molecule has 3 N–H and O–H groups in total. The van der Waals surface area contributed by atoms with E-state index < -0.39 is 10.8 Å². The summed E-state index contributed by atoms with van der Waals surface area (Å²) >= 11 is 5.72. The van der Waals surface area contributed by atoms with Crippen LogP contribution in [0.1, 0.15) is 36.0 Å². The predicted octanol–water partition coefficient (Wildman–Crippen LogP) is 1.89. The minimum atomic E-state index is -0.648. The minimum Gasteiger partial charge on any atom is -0.348 e. The Bertz CT molecular complexity index is 546. The molecule has 8 heteroatoms. The highest BCUT2D eigenvalue weighted by Gasteiger charge is 2.28. The lowest BCUT2D eigenvalue weighted by atomic mass is 9.98. The topological polar surface area (TPSA) is 111 Å². The second kappa shape index (κ2) is 6.82. The first-order valence-corrected chi connectivity index (χ1v) is 7.21. The Morgan fingerprint density at radius 2 is 2.24 bits per heavy atom. The van der Waals surface area contributed by atoms with E-state index in [1.165, 1.54) is 6.07 Å². The first-order valence-electron chi connectivity index (χ1n) is 6.83. The fourth-order valence-electron chi connectivity index (χ4n) is 2.73. The molecule has 0 bridgehead atoms. The number of nitrogens with zero attached hydrogens (tertiary/aromatic N) is 2. The standard InChI is InChI=1S/C13H17ClN4O3/c14-12-5-9(11(7-16-12)18(20)21)13(19)17-10(6-15)8-3-1-2-4-8/h5,7-8,10H,1-4,6,15H2,(H,17,19). The van der Waals surface area contributed by atoms with Gasteiger partial charge >= 0.3 is 0 Å². The van der Waals surface area contributed by atoms with Crippen molar-refractivity contribution in [2.24, 2.45) is 11.7 Å². The number of aromatic nitrogens is 1. The number of rotatable bonds is 5. The minimum absolute atomic E-state index is 0.0379. The Morgan fingerprint density at radius 3 is 2.81 bits per heavy atom. The largest absolute Gasteiger partial charge is 0.348 e. The molecule has 1 unspecified atom stereocenters. The first-order chi connectivity index (χ1) is 10.0. The van der Waals surface area contributed by atoms with Crippen LogP contribution in [-0.4, -0.2) is 28.4 Å². The Kier molecular flexibility index (Phi) is 5.08. The van der Waals surface area contributed by atoms with Crippen molar-refractivity contribution in [3.63, 3.8) is 0 Å². The number of hydrogen-bond acceptors (Lipinski definition) is 5. The summed E-state index contributed by atoms with van der Waals surface area (Å²) in [5.74, 6) is -0.205. The number of carbonyl (C=O) groups is 1. The molecule has 0 saturated heterocycles. The molecule has 114 valence electrons. The summed E-state index contributed by atoms with van der Waals surface area (Å²) in [6.45, 7) is 0.309. The maximum atomic E-state index is 12.3. The molecular weight excluding hydrogens is 296 g/mol. The van der Waals surface area contributed by atoms with Crippen molar-refractivity contribution < 1.29 is 9.72 Å². The first kappa shape index (κ1) is 15.7. The second-order valence-electron chi connectivity index (χ2n) is 5.14. The predicted molar refractivity (Wildman–Crippen MR) is 78.2 cm³/mol. The molecule has 0 aliphatic heterocycles. The van der Waals surface area contributed by atoms with Crippen molar-refractivity contribution in [3.8, 4) is 0 Å². The quantitative estimate of drug-likeness (QED) is 0.490. The van der Waals surface area contributed by atoms with E-state index in [9.17, 15) is 14.9 Å². The van der Waals surface area contributed by atoms with E-state index >= 15 is 0 Å². The van der Waals surface area contributed by atoms with Crippen LogP contribution in [0.2, 0.25) is 5.15 Å². The van der Waals surface area contributed by atoms with Gasteiger partial charge in [0.15, 0.2) is 0 Å². The summed E-state index contributed by atoms with van der Waals surface area (Å²) in [6.07, 6.45) is 5.27. The molecule has 1 fully saturated rings. The van der Waals surface area contributed by atoms with Crippen LogP contribution in [-0.2, 0) is 0 Å². The van der Waals surface area contributed by atoms with E-state index in [4.69, 9.17) is 17.3 Å². The number of hydrogen-bond donors (Lipinski definition) is 2. The van der Waals surface area contributed by atoms with E-state index in [0.717, 1.165) is 31.9 Å². The molecule has 1 amide bonds. The molecule has 1 heterocycles. The van der Waals surface area contributed by atoms with E-state index in [1.807, 2.05) is 0 Å². The van der Waals surface area contributed by atoms with Gasteiger partial charge in [-0.15, -0.1) is 0 Å². The van der Waals surface area contributed by atoms with Gasteiger partial charge in [-0.1, -0.05) is 24.4 Å². The van der Waals surface area contributed by atoms with Crippen LogP contribution in [0.3, 0.4) is 0 Å². The van der Waals surface area contributed by atoms with E-state index in [1.54, 1.807) is 0 Å². The molecule has 21 heavy (non-hydrogen) atoms.